The number of ether oxygens (including phenoxy) is 1. The van der Waals surface area contributed by atoms with Gasteiger partial charge in [-0.1, -0.05) is 24.3 Å². The number of para-hydroxylation sites is 1. The Balaban J connectivity index is 1.66. The van der Waals surface area contributed by atoms with E-state index in [0.717, 1.165) is 36.9 Å². The van der Waals surface area contributed by atoms with Crippen LogP contribution in [0.4, 0.5) is 0 Å². The first-order valence-electron chi connectivity index (χ1n) is 10.2. The minimum absolute atomic E-state index is 0.143. The summed E-state index contributed by atoms with van der Waals surface area (Å²) in [5, 5.41) is 0.519. The van der Waals surface area contributed by atoms with E-state index in [1.54, 1.807) is 10.6 Å². The standard InChI is InChI=1S/C22H20N4O3/c27-21-15-4-1-2-5-16(15)23-12-25(21)20-18-13-7-9-14(10-8-13)19(18)26(22(28)24-20)17-6-3-11-29-17/h1-2,4-5,7,9,12-14,17H,3,6,8,10-11H2. The van der Waals surface area contributed by atoms with Gasteiger partial charge in [-0.3, -0.25) is 9.36 Å². The molecule has 3 aliphatic carbocycles. The molecule has 0 spiro atoms. The van der Waals surface area contributed by atoms with Crippen LogP contribution in [0.15, 0.2) is 52.3 Å². The van der Waals surface area contributed by atoms with E-state index < -0.39 is 0 Å². The zero-order valence-corrected chi connectivity index (χ0v) is 15.8. The average molecular weight is 388 g/mol. The molecule has 3 aromatic rings. The van der Waals surface area contributed by atoms with E-state index in [2.05, 4.69) is 22.1 Å². The third-order valence-electron chi connectivity index (χ3n) is 6.36. The maximum atomic E-state index is 13.2. The summed E-state index contributed by atoms with van der Waals surface area (Å²) in [5.41, 5.74) is 2.01. The minimum Gasteiger partial charge on any atom is -0.358 e. The third-order valence-corrected chi connectivity index (χ3v) is 6.36. The van der Waals surface area contributed by atoms with Crippen LogP contribution in [-0.4, -0.2) is 25.7 Å². The van der Waals surface area contributed by atoms with Gasteiger partial charge in [-0.15, -0.1) is 0 Å². The summed E-state index contributed by atoms with van der Waals surface area (Å²) >= 11 is 0. The van der Waals surface area contributed by atoms with Crippen LogP contribution in [-0.2, 0) is 4.74 Å². The van der Waals surface area contributed by atoms with Crippen molar-refractivity contribution in [1.29, 1.82) is 0 Å². The number of aromatic nitrogens is 4. The van der Waals surface area contributed by atoms with Gasteiger partial charge in [0, 0.05) is 29.7 Å². The fraction of sp³-hybridized carbons (Fsp3) is 0.364. The van der Waals surface area contributed by atoms with Crippen molar-refractivity contribution in [1.82, 2.24) is 19.1 Å². The first kappa shape index (κ1) is 16.9. The van der Waals surface area contributed by atoms with E-state index >= 15 is 0 Å². The second kappa shape index (κ2) is 6.22. The predicted octanol–water partition coefficient (Wildman–Crippen LogP) is 2.78. The second-order valence-electron chi connectivity index (χ2n) is 7.97. The Hall–Kier alpha value is -3.06. The van der Waals surface area contributed by atoms with Gasteiger partial charge in [0.05, 0.1) is 10.9 Å². The maximum Gasteiger partial charge on any atom is 0.351 e. The summed E-state index contributed by atoms with van der Waals surface area (Å²) < 4.78 is 9.02. The highest BCUT2D eigenvalue weighted by atomic mass is 16.5. The van der Waals surface area contributed by atoms with Gasteiger partial charge in [0.25, 0.3) is 5.56 Å². The van der Waals surface area contributed by atoms with Crippen molar-refractivity contribution in [2.45, 2.75) is 43.7 Å². The molecule has 146 valence electrons. The van der Waals surface area contributed by atoms with Crippen LogP contribution in [0.2, 0.25) is 0 Å². The number of nitrogens with zero attached hydrogens (tertiary/aromatic N) is 4. The lowest BCUT2D eigenvalue weighted by molar-refractivity contribution is 0.0489. The van der Waals surface area contributed by atoms with Crippen LogP contribution in [0.1, 0.15) is 55.0 Å². The molecule has 29 heavy (non-hydrogen) atoms. The molecule has 1 saturated heterocycles. The van der Waals surface area contributed by atoms with Gasteiger partial charge >= 0.3 is 5.69 Å². The smallest absolute Gasteiger partial charge is 0.351 e. The van der Waals surface area contributed by atoms with Crippen molar-refractivity contribution in [3.63, 3.8) is 0 Å². The van der Waals surface area contributed by atoms with Crippen LogP contribution in [0.25, 0.3) is 16.7 Å². The Kier molecular flexibility index (Phi) is 3.61. The third kappa shape index (κ3) is 2.40. The first-order chi connectivity index (χ1) is 14.2. The lowest BCUT2D eigenvalue weighted by atomic mass is 9.74. The minimum atomic E-state index is -0.355. The van der Waals surface area contributed by atoms with Gasteiger partial charge in [0.2, 0.25) is 0 Å². The molecule has 2 aromatic heterocycles. The molecule has 3 unspecified atom stereocenters. The molecule has 7 heteroatoms. The molecule has 7 rings (SSSR count). The van der Waals surface area contributed by atoms with E-state index in [9.17, 15) is 9.59 Å². The molecule has 4 aliphatic rings. The average Bonchev–Trinajstić information content (AvgIpc) is 3.29. The SMILES string of the molecule is O=c1c2ccccc2ncn1-c1nc(=O)n(C2CCCO2)c2c1C1C=CC2CC1. The summed E-state index contributed by atoms with van der Waals surface area (Å²) in [5.74, 6) is 0.712. The topological polar surface area (TPSA) is 79.0 Å². The molecule has 3 atom stereocenters. The number of allylic oxidation sites excluding steroid dienone is 2. The molecule has 0 radical (unpaired) electrons. The van der Waals surface area contributed by atoms with E-state index in [4.69, 9.17) is 4.74 Å². The fourth-order valence-electron chi connectivity index (χ4n) is 5.02. The Morgan fingerprint density at radius 1 is 1.03 bits per heavy atom. The number of hydrogen-bond acceptors (Lipinski definition) is 5. The Morgan fingerprint density at radius 2 is 1.86 bits per heavy atom. The summed E-state index contributed by atoms with van der Waals surface area (Å²) in [6.45, 7) is 0.658. The second-order valence-corrected chi connectivity index (χ2v) is 7.97. The molecular weight excluding hydrogens is 368 g/mol. The van der Waals surface area contributed by atoms with E-state index in [1.807, 2.05) is 18.2 Å². The molecule has 2 bridgehead atoms. The summed E-state index contributed by atoms with van der Waals surface area (Å²) in [6.07, 6.45) is 9.33. The van der Waals surface area contributed by atoms with Crippen molar-refractivity contribution in [2.24, 2.45) is 0 Å². The van der Waals surface area contributed by atoms with Crippen LogP contribution < -0.4 is 11.2 Å². The number of fused-ring (bicyclic) bond motifs is 2. The van der Waals surface area contributed by atoms with Crippen LogP contribution in [0.5, 0.6) is 0 Å². The van der Waals surface area contributed by atoms with Crippen molar-refractivity contribution >= 4 is 10.9 Å². The molecule has 0 N–H and O–H groups in total. The summed E-state index contributed by atoms with van der Waals surface area (Å²) in [4.78, 5) is 35.2. The highest BCUT2D eigenvalue weighted by molar-refractivity contribution is 5.77. The van der Waals surface area contributed by atoms with E-state index in [0.29, 0.717) is 23.3 Å². The Labute approximate surface area is 166 Å². The molecule has 7 nitrogen and oxygen atoms in total. The number of benzene rings is 1. The molecule has 1 aromatic carbocycles. The fourth-order valence-corrected chi connectivity index (χ4v) is 5.02. The molecule has 1 fully saturated rings. The highest BCUT2D eigenvalue weighted by Crippen LogP contribution is 2.47. The van der Waals surface area contributed by atoms with Gasteiger partial charge in [-0.25, -0.2) is 14.3 Å². The van der Waals surface area contributed by atoms with Crippen LogP contribution in [0, 0.1) is 0 Å². The molecule has 0 amide bonds. The number of hydrogen-bond donors (Lipinski definition) is 0. The van der Waals surface area contributed by atoms with Gasteiger partial charge in [0.15, 0.2) is 5.82 Å². The lowest BCUT2D eigenvalue weighted by Gasteiger charge is -2.37. The monoisotopic (exact) mass is 388 g/mol. The van der Waals surface area contributed by atoms with Crippen LogP contribution >= 0.6 is 0 Å². The summed E-state index contributed by atoms with van der Waals surface area (Å²) in [7, 11) is 0. The van der Waals surface area contributed by atoms with Crippen molar-refractivity contribution in [3.8, 4) is 5.82 Å². The largest absolute Gasteiger partial charge is 0.358 e. The quantitative estimate of drug-likeness (QED) is 0.631. The predicted molar refractivity (Wildman–Crippen MR) is 107 cm³/mol. The van der Waals surface area contributed by atoms with Gasteiger partial charge < -0.3 is 4.74 Å². The number of rotatable bonds is 2. The van der Waals surface area contributed by atoms with Crippen molar-refractivity contribution in [3.05, 3.63) is 74.8 Å². The summed E-state index contributed by atoms with van der Waals surface area (Å²) in [6, 6.07) is 7.24. The van der Waals surface area contributed by atoms with E-state index in [-0.39, 0.29) is 29.3 Å². The normalized spacial score (nSPS) is 24.9. The van der Waals surface area contributed by atoms with Crippen molar-refractivity contribution in [2.75, 3.05) is 6.61 Å². The molecule has 3 heterocycles. The zero-order valence-electron chi connectivity index (χ0n) is 15.8. The van der Waals surface area contributed by atoms with Crippen LogP contribution in [0.3, 0.4) is 0 Å². The first-order valence-corrected chi connectivity index (χ1v) is 10.2. The van der Waals surface area contributed by atoms with Gasteiger partial charge in [-0.05, 0) is 37.8 Å². The highest BCUT2D eigenvalue weighted by Gasteiger charge is 2.38. The van der Waals surface area contributed by atoms with Crippen molar-refractivity contribution < 1.29 is 4.74 Å². The lowest BCUT2D eigenvalue weighted by Crippen LogP contribution is -2.38. The maximum absolute atomic E-state index is 13.2. The van der Waals surface area contributed by atoms with E-state index in [1.165, 1.54) is 10.9 Å². The Morgan fingerprint density at radius 3 is 2.66 bits per heavy atom. The molecule has 0 saturated carbocycles. The zero-order chi connectivity index (χ0) is 19.5. The Bertz CT molecular complexity index is 1280. The molecule has 1 aliphatic heterocycles. The van der Waals surface area contributed by atoms with Gasteiger partial charge in [0.1, 0.15) is 12.6 Å². The van der Waals surface area contributed by atoms with Gasteiger partial charge in [-0.2, -0.15) is 4.98 Å². The molecular formula is C22H20N4O3.